The van der Waals surface area contributed by atoms with Gasteiger partial charge in [-0.2, -0.15) is 0 Å². The maximum absolute atomic E-state index is 10.8. The smallest absolute Gasteiger partial charge is 0.326 e. The van der Waals surface area contributed by atoms with Crippen LogP contribution in [0.5, 0.6) is 0 Å². The van der Waals surface area contributed by atoms with Gasteiger partial charge in [-0.1, -0.05) is 0 Å². The van der Waals surface area contributed by atoms with E-state index in [4.69, 9.17) is 0 Å². The molecule has 4 N–H and O–H groups in total. The second-order valence-electron chi connectivity index (χ2n) is 3.44. The van der Waals surface area contributed by atoms with Crippen LogP contribution in [-0.4, -0.2) is 147 Å². The first-order chi connectivity index (χ1) is 9.20. The Morgan fingerprint density at radius 3 is 0.840 bits per heavy atom. The van der Waals surface area contributed by atoms with Crippen molar-refractivity contribution in [3.05, 3.63) is 0 Å². The van der Waals surface area contributed by atoms with E-state index in [9.17, 15) is 19.2 Å². The fourth-order valence-corrected chi connectivity index (χ4v) is 0.957. The van der Waals surface area contributed by atoms with Crippen LogP contribution in [0.1, 0.15) is 27.7 Å². The minimum absolute atomic E-state index is 0. The standard InChI is InChI=1S/C10H16N2O8.3Na.2H2O/c1-7(13)17-11(18-8(2)14)5-6-12(19-9(3)15)20-10(4)16;;;;;/h5-6H2,1-4H3;;;;2*1H2. The van der Waals surface area contributed by atoms with Crippen LogP contribution in [0.15, 0.2) is 0 Å². The number of carbonyl (C=O) groups is 4. The zero-order valence-electron chi connectivity index (χ0n) is 15.6. The summed E-state index contributed by atoms with van der Waals surface area (Å²) in [6.45, 7) is 3.97. The molecule has 12 nitrogen and oxygen atoms in total. The summed E-state index contributed by atoms with van der Waals surface area (Å²) in [6, 6.07) is 0. The molecule has 0 fully saturated rings. The average molecular weight is 397 g/mol. The van der Waals surface area contributed by atoms with Crippen LogP contribution in [0.25, 0.3) is 0 Å². The van der Waals surface area contributed by atoms with Gasteiger partial charge in [0.25, 0.3) is 0 Å². The van der Waals surface area contributed by atoms with Gasteiger partial charge in [-0.25, -0.2) is 0 Å². The molecule has 0 rings (SSSR count). The van der Waals surface area contributed by atoms with Crippen LogP contribution >= 0.6 is 0 Å². The molecule has 0 spiro atoms. The summed E-state index contributed by atoms with van der Waals surface area (Å²) < 4.78 is 0. The molecule has 25 heavy (non-hydrogen) atoms. The molecular weight excluding hydrogens is 377 g/mol. The Hall–Kier alpha value is 0.720. The molecule has 0 aliphatic heterocycles. The summed E-state index contributed by atoms with van der Waals surface area (Å²) in [4.78, 5) is 61.4. The van der Waals surface area contributed by atoms with Crippen molar-refractivity contribution in [2.45, 2.75) is 27.7 Å². The number of hydroxylamine groups is 4. The summed E-state index contributed by atoms with van der Waals surface area (Å²) in [6.07, 6.45) is 0. The Bertz CT molecular complexity index is 331. The quantitative estimate of drug-likeness (QED) is 0.313. The Labute approximate surface area is 211 Å². The third kappa shape index (κ3) is 27.0. The molecule has 0 heterocycles. The molecule has 0 aromatic heterocycles. The van der Waals surface area contributed by atoms with Crippen LogP contribution in [0, 0.1) is 0 Å². The number of rotatable bonds is 7. The summed E-state index contributed by atoms with van der Waals surface area (Å²) in [5.41, 5.74) is 0. The topological polar surface area (TPSA) is 175 Å². The van der Waals surface area contributed by atoms with Gasteiger partial charge in [0.2, 0.25) is 0 Å². The van der Waals surface area contributed by atoms with Gasteiger partial charge in [0.05, 0.1) is 13.1 Å². The molecule has 0 unspecified atom stereocenters. The third-order valence-electron chi connectivity index (χ3n) is 1.39. The van der Waals surface area contributed by atoms with Crippen molar-refractivity contribution in [1.82, 2.24) is 10.5 Å². The molecule has 0 atom stereocenters. The summed E-state index contributed by atoms with van der Waals surface area (Å²) in [7, 11) is 0. The van der Waals surface area contributed by atoms with E-state index in [1.54, 1.807) is 0 Å². The molecule has 15 heteroatoms. The van der Waals surface area contributed by atoms with E-state index in [2.05, 4.69) is 19.4 Å². The van der Waals surface area contributed by atoms with Crippen molar-refractivity contribution in [2.75, 3.05) is 13.1 Å². The van der Waals surface area contributed by atoms with Crippen molar-refractivity contribution >= 4 is 113 Å². The van der Waals surface area contributed by atoms with Crippen molar-refractivity contribution in [3.8, 4) is 0 Å². The van der Waals surface area contributed by atoms with E-state index in [1.165, 1.54) is 0 Å². The molecule has 0 aromatic rings. The molecular formula is C10H20N2Na3O10. The van der Waals surface area contributed by atoms with E-state index < -0.39 is 23.9 Å². The van der Waals surface area contributed by atoms with Crippen molar-refractivity contribution in [1.29, 1.82) is 0 Å². The molecule has 0 bridgehead atoms. The van der Waals surface area contributed by atoms with E-state index in [0.717, 1.165) is 27.7 Å². The monoisotopic (exact) mass is 397 g/mol. The first-order valence-corrected chi connectivity index (χ1v) is 5.50. The van der Waals surface area contributed by atoms with Gasteiger partial charge in [-0.15, -0.1) is 0 Å². The number of nitrogens with zero attached hydrogens (tertiary/aromatic N) is 2. The SMILES string of the molecule is CC(=O)ON(CCN(OC(C)=O)OC(C)=O)OC(C)=O.O.O.[Na].[Na].[Na]. The van der Waals surface area contributed by atoms with Gasteiger partial charge in [-0.3, -0.25) is 19.2 Å². The Balaban J connectivity index is -0.000000180. The minimum Gasteiger partial charge on any atom is -0.412 e. The molecule has 0 saturated heterocycles. The first-order valence-electron chi connectivity index (χ1n) is 5.50. The van der Waals surface area contributed by atoms with Crippen molar-refractivity contribution < 1.29 is 49.5 Å². The summed E-state index contributed by atoms with van der Waals surface area (Å²) in [5.74, 6) is -2.90. The van der Waals surface area contributed by atoms with Gasteiger partial charge >= 0.3 is 23.9 Å². The number of hydrogen-bond acceptors (Lipinski definition) is 10. The summed E-state index contributed by atoms with van der Waals surface area (Å²) >= 11 is 0. The second-order valence-corrected chi connectivity index (χ2v) is 3.44. The minimum atomic E-state index is -0.724. The van der Waals surface area contributed by atoms with Gasteiger partial charge in [0.1, 0.15) is 0 Å². The molecule has 0 amide bonds. The van der Waals surface area contributed by atoms with Crippen LogP contribution in [0.3, 0.4) is 0 Å². The fraction of sp³-hybridized carbons (Fsp3) is 0.600. The van der Waals surface area contributed by atoms with Gasteiger partial charge in [0.15, 0.2) is 0 Å². The van der Waals surface area contributed by atoms with Gasteiger partial charge < -0.3 is 30.3 Å². The largest absolute Gasteiger partial charge is 0.412 e. The molecule has 133 valence electrons. The van der Waals surface area contributed by atoms with Gasteiger partial charge in [-0.05, 0) is 0 Å². The van der Waals surface area contributed by atoms with Crippen molar-refractivity contribution in [3.63, 3.8) is 0 Å². The van der Waals surface area contributed by atoms with E-state index in [0.29, 0.717) is 10.5 Å². The molecule has 0 aliphatic carbocycles. The fourth-order valence-electron chi connectivity index (χ4n) is 0.957. The van der Waals surface area contributed by atoms with Crippen LogP contribution in [0.2, 0.25) is 0 Å². The maximum atomic E-state index is 10.8. The molecule has 0 aliphatic rings. The van der Waals surface area contributed by atoms with E-state index in [1.807, 2.05) is 0 Å². The average Bonchev–Trinajstić information content (AvgIpc) is 2.22. The van der Waals surface area contributed by atoms with Crippen LogP contribution in [-0.2, 0) is 38.5 Å². The van der Waals surface area contributed by atoms with E-state index >= 15 is 0 Å². The number of carbonyl (C=O) groups excluding carboxylic acids is 4. The zero-order chi connectivity index (χ0) is 15.7. The zero-order valence-corrected chi connectivity index (χ0v) is 21.6. The maximum Gasteiger partial charge on any atom is 0.326 e. The normalized spacial score (nSPS) is 8.08. The van der Waals surface area contributed by atoms with Crippen molar-refractivity contribution in [2.24, 2.45) is 0 Å². The molecule has 3 radical (unpaired) electrons. The molecule has 0 aromatic carbocycles. The third-order valence-corrected chi connectivity index (χ3v) is 1.39. The van der Waals surface area contributed by atoms with Crippen LogP contribution < -0.4 is 0 Å². The number of hydrogen-bond donors (Lipinski definition) is 0. The first kappa shape index (κ1) is 40.4. The predicted molar refractivity (Wildman–Crippen MR) is 85.0 cm³/mol. The predicted octanol–water partition coefficient (Wildman–Crippen LogP) is -3.29. The second kappa shape index (κ2) is 22.8. The van der Waals surface area contributed by atoms with Crippen LogP contribution in [0.4, 0.5) is 0 Å². The Morgan fingerprint density at radius 2 is 0.720 bits per heavy atom. The van der Waals surface area contributed by atoms with E-state index in [-0.39, 0.29) is 113 Å². The Kier molecular flexibility index (Phi) is 36.8. The Morgan fingerprint density at radius 1 is 0.560 bits per heavy atom. The summed E-state index contributed by atoms with van der Waals surface area (Å²) in [5, 5.41) is 1.15. The molecule has 0 saturated carbocycles. The van der Waals surface area contributed by atoms with Gasteiger partial charge in [0, 0.05) is 127 Å².